The number of nitrogens with zero attached hydrogens (tertiary/aromatic N) is 2. The van der Waals surface area contributed by atoms with E-state index in [1.165, 1.54) is 33.4 Å². The number of rotatable bonds is 2. The molecule has 0 unspecified atom stereocenters. The van der Waals surface area contributed by atoms with Crippen LogP contribution in [0, 0.1) is 11.3 Å². The van der Waals surface area contributed by atoms with E-state index in [0.29, 0.717) is 0 Å². The van der Waals surface area contributed by atoms with Gasteiger partial charge in [0.05, 0.1) is 11.6 Å². The quantitative estimate of drug-likeness (QED) is 0.364. The maximum atomic E-state index is 8.99. The first-order valence-corrected chi connectivity index (χ1v) is 10.6. The van der Waals surface area contributed by atoms with Gasteiger partial charge in [-0.15, -0.1) is 12.4 Å². The number of hydrogen-bond acceptors (Lipinski definition) is 2. The minimum Gasteiger partial charge on any atom is -0.298 e. The fraction of sp³-hybridized carbons (Fsp3) is 0.179. The fourth-order valence-corrected chi connectivity index (χ4v) is 4.62. The van der Waals surface area contributed by atoms with Crippen LogP contribution < -0.4 is 0 Å². The molecule has 154 valence electrons. The van der Waals surface area contributed by atoms with Crippen LogP contribution in [0.5, 0.6) is 0 Å². The molecule has 0 radical (unpaired) electrons. The van der Waals surface area contributed by atoms with Crippen molar-refractivity contribution in [1.29, 1.82) is 5.26 Å². The maximum absolute atomic E-state index is 8.99. The van der Waals surface area contributed by atoms with Crippen molar-refractivity contribution >= 4 is 30.1 Å². The van der Waals surface area contributed by atoms with Gasteiger partial charge in [-0.2, -0.15) is 5.26 Å². The van der Waals surface area contributed by atoms with Crippen LogP contribution in [-0.2, 0) is 6.54 Å². The Hall–Kier alpha value is -3.12. The van der Waals surface area contributed by atoms with Gasteiger partial charge in [0.2, 0.25) is 0 Å². The summed E-state index contributed by atoms with van der Waals surface area (Å²) in [6.45, 7) is 3.08. The second kappa shape index (κ2) is 9.35. The lowest BCUT2D eigenvalue weighted by Crippen LogP contribution is -2.30. The molecule has 0 amide bonds. The van der Waals surface area contributed by atoms with Gasteiger partial charge in [-0.1, -0.05) is 78.4 Å². The van der Waals surface area contributed by atoms with Gasteiger partial charge in [-0.05, 0) is 58.4 Å². The van der Waals surface area contributed by atoms with E-state index < -0.39 is 0 Å². The van der Waals surface area contributed by atoms with Crippen LogP contribution in [0.1, 0.15) is 46.2 Å². The first kappa shape index (κ1) is 21.1. The zero-order valence-electron chi connectivity index (χ0n) is 17.4. The molecule has 0 spiro atoms. The van der Waals surface area contributed by atoms with E-state index in [1.807, 2.05) is 12.1 Å². The SMILES string of the molecule is Cl.N#Cc1ccc(CN2CCC(=C3c4ccccc4C=Cc4ccccc43)CC2)cc1. The first-order chi connectivity index (χ1) is 14.8. The van der Waals surface area contributed by atoms with Crippen molar-refractivity contribution in [1.82, 2.24) is 4.90 Å². The number of piperidine rings is 1. The van der Waals surface area contributed by atoms with Crippen molar-refractivity contribution in [3.63, 3.8) is 0 Å². The predicted octanol–water partition coefficient (Wildman–Crippen LogP) is 6.56. The number of benzene rings is 3. The summed E-state index contributed by atoms with van der Waals surface area (Å²) in [7, 11) is 0. The largest absolute Gasteiger partial charge is 0.298 e. The molecule has 1 heterocycles. The Bertz CT molecular complexity index is 1120. The molecule has 0 saturated carbocycles. The molecule has 3 heteroatoms. The van der Waals surface area contributed by atoms with Crippen molar-refractivity contribution in [2.24, 2.45) is 0 Å². The van der Waals surface area contributed by atoms with Crippen LogP contribution in [0.15, 0.2) is 78.4 Å². The number of nitriles is 1. The average Bonchev–Trinajstić information content (AvgIpc) is 2.97. The Labute approximate surface area is 190 Å². The van der Waals surface area contributed by atoms with E-state index >= 15 is 0 Å². The third-order valence-electron chi connectivity index (χ3n) is 6.21. The molecule has 3 aromatic rings. The van der Waals surface area contributed by atoms with E-state index in [9.17, 15) is 0 Å². The van der Waals surface area contributed by atoms with Gasteiger partial charge in [-0.3, -0.25) is 4.90 Å². The summed E-state index contributed by atoms with van der Waals surface area (Å²) >= 11 is 0. The van der Waals surface area contributed by atoms with Crippen molar-refractivity contribution in [3.8, 4) is 6.07 Å². The summed E-state index contributed by atoms with van der Waals surface area (Å²) < 4.78 is 0. The van der Waals surface area contributed by atoms with Crippen molar-refractivity contribution in [2.45, 2.75) is 19.4 Å². The number of fused-ring (bicyclic) bond motifs is 2. The van der Waals surface area contributed by atoms with Crippen molar-refractivity contribution in [3.05, 3.63) is 112 Å². The van der Waals surface area contributed by atoms with Gasteiger partial charge in [-0.25, -0.2) is 0 Å². The van der Waals surface area contributed by atoms with Crippen LogP contribution >= 0.6 is 12.4 Å². The lowest BCUT2D eigenvalue weighted by Gasteiger charge is -2.30. The van der Waals surface area contributed by atoms with Gasteiger partial charge >= 0.3 is 0 Å². The summed E-state index contributed by atoms with van der Waals surface area (Å²) in [5, 5.41) is 8.99. The van der Waals surface area contributed by atoms with E-state index in [1.54, 1.807) is 5.57 Å². The molecule has 2 aliphatic rings. The minimum absolute atomic E-state index is 0. The molecule has 1 aliphatic heterocycles. The molecule has 0 N–H and O–H groups in total. The highest BCUT2D eigenvalue weighted by molar-refractivity contribution is 5.94. The highest BCUT2D eigenvalue weighted by Crippen LogP contribution is 2.38. The van der Waals surface area contributed by atoms with Gasteiger partial charge in [0.15, 0.2) is 0 Å². The molecule has 1 aliphatic carbocycles. The normalized spacial score (nSPS) is 15.3. The zero-order chi connectivity index (χ0) is 20.3. The van der Waals surface area contributed by atoms with Crippen LogP contribution in [0.2, 0.25) is 0 Å². The van der Waals surface area contributed by atoms with Crippen LogP contribution in [0.4, 0.5) is 0 Å². The van der Waals surface area contributed by atoms with Gasteiger partial charge in [0.25, 0.3) is 0 Å². The Balaban J connectivity index is 0.00000231. The molecule has 1 saturated heterocycles. The fourth-order valence-electron chi connectivity index (χ4n) is 4.62. The van der Waals surface area contributed by atoms with Crippen molar-refractivity contribution < 1.29 is 0 Å². The smallest absolute Gasteiger partial charge is 0.0991 e. The molecule has 0 atom stereocenters. The molecule has 0 aromatic heterocycles. The number of hydrogen-bond donors (Lipinski definition) is 0. The Morgan fingerprint density at radius 2 is 1.29 bits per heavy atom. The predicted molar refractivity (Wildman–Crippen MR) is 131 cm³/mol. The molecule has 1 fully saturated rings. The van der Waals surface area contributed by atoms with Crippen LogP contribution in [-0.4, -0.2) is 18.0 Å². The topological polar surface area (TPSA) is 27.0 Å². The average molecular weight is 425 g/mol. The molecule has 31 heavy (non-hydrogen) atoms. The number of likely N-dealkylation sites (tertiary alicyclic amines) is 1. The monoisotopic (exact) mass is 424 g/mol. The molecule has 0 bridgehead atoms. The zero-order valence-corrected chi connectivity index (χ0v) is 18.2. The summed E-state index contributed by atoms with van der Waals surface area (Å²) in [5.74, 6) is 0. The summed E-state index contributed by atoms with van der Waals surface area (Å²) in [5.41, 5.74) is 10.3. The highest BCUT2D eigenvalue weighted by Gasteiger charge is 2.22. The minimum atomic E-state index is 0. The maximum Gasteiger partial charge on any atom is 0.0991 e. The Morgan fingerprint density at radius 3 is 1.84 bits per heavy atom. The summed E-state index contributed by atoms with van der Waals surface area (Å²) in [4.78, 5) is 2.53. The molecular formula is C28H25ClN2. The van der Waals surface area contributed by atoms with Crippen molar-refractivity contribution in [2.75, 3.05) is 13.1 Å². The van der Waals surface area contributed by atoms with E-state index in [0.717, 1.165) is 38.0 Å². The molecule has 3 aromatic carbocycles. The van der Waals surface area contributed by atoms with Crippen LogP contribution in [0.3, 0.4) is 0 Å². The highest BCUT2D eigenvalue weighted by atomic mass is 35.5. The van der Waals surface area contributed by atoms with E-state index in [4.69, 9.17) is 5.26 Å². The standard InChI is InChI=1S/C28H24N2.ClH/c29-19-21-9-11-22(12-10-21)20-30-17-15-25(16-18-30)28-26-7-3-1-5-23(26)13-14-24-6-2-4-8-27(24)28;/h1-14H,15-18,20H2;1H. The second-order valence-electron chi connectivity index (χ2n) is 8.07. The van der Waals surface area contributed by atoms with Gasteiger partial charge in [0, 0.05) is 19.6 Å². The third-order valence-corrected chi connectivity index (χ3v) is 6.21. The van der Waals surface area contributed by atoms with E-state index in [2.05, 4.69) is 83.8 Å². The molecule has 5 rings (SSSR count). The molecular weight excluding hydrogens is 400 g/mol. The van der Waals surface area contributed by atoms with Gasteiger partial charge < -0.3 is 0 Å². The summed E-state index contributed by atoms with van der Waals surface area (Å²) in [6, 6.07) is 27.7. The lowest BCUT2D eigenvalue weighted by molar-refractivity contribution is 0.248. The number of halogens is 1. The Kier molecular flexibility index (Phi) is 6.37. The Morgan fingerprint density at radius 1 is 0.742 bits per heavy atom. The van der Waals surface area contributed by atoms with E-state index in [-0.39, 0.29) is 12.4 Å². The lowest BCUT2D eigenvalue weighted by atomic mass is 9.86. The molecule has 2 nitrogen and oxygen atoms in total. The second-order valence-corrected chi connectivity index (χ2v) is 8.07. The van der Waals surface area contributed by atoms with Gasteiger partial charge in [0.1, 0.15) is 0 Å². The summed E-state index contributed by atoms with van der Waals surface area (Å²) in [6.07, 6.45) is 6.69. The first-order valence-electron chi connectivity index (χ1n) is 10.6. The van der Waals surface area contributed by atoms with Crippen LogP contribution in [0.25, 0.3) is 17.7 Å². The third kappa shape index (κ3) is 4.35.